The number of rotatable bonds is 9. The highest BCUT2D eigenvalue weighted by atomic mass is 32.2. The number of carbonyl (C=O) groups is 2. The molecule has 27 heavy (non-hydrogen) atoms. The monoisotopic (exact) mass is 396 g/mol. The number of carbonyl (C=O) groups excluding carboxylic acids is 1. The number of hydrogen-bond donors (Lipinski definition) is 2. The molecule has 1 aliphatic rings. The zero-order valence-electron chi connectivity index (χ0n) is 15.7. The lowest BCUT2D eigenvalue weighted by molar-refractivity contribution is -0.137. The Kier molecular flexibility index (Phi) is 7.79. The maximum Gasteiger partial charge on any atom is 0.303 e. The summed E-state index contributed by atoms with van der Waals surface area (Å²) in [6, 6.07) is 5.99. The van der Waals surface area contributed by atoms with Gasteiger partial charge in [-0.3, -0.25) is 9.59 Å². The number of unbranched alkanes of at least 4 members (excludes halogenated alkanes) is 1. The molecular weight excluding hydrogens is 368 g/mol. The zero-order chi connectivity index (χ0) is 19.9. The summed E-state index contributed by atoms with van der Waals surface area (Å²) in [5, 5.41) is 11.3. The number of amides is 1. The molecule has 0 atom stereocenters. The first-order chi connectivity index (χ1) is 12.8. The normalized spacial score (nSPS) is 15.6. The standard InChI is InChI=1S/C19H28N2O5S/c1-21(16-7-3-2-4-8-16)27(25,26)17-12-10-15(11-13-17)19(24)20-14-6-5-9-18(22)23/h10-13,16H,2-9,14H2,1H3,(H,20,24)(H,22,23). The number of benzene rings is 1. The summed E-state index contributed by atoms with van der Waals surface area (Å²) < 4.78 is 27.0. The van der Waals surface area contributed by atoms with Crippen molar-refractivity contribution in [2.24, 2.45) is 0 Å². The van der Waals surface area contributed by atoms with Crippen LogP contribution < -0.4 is 5.32 Å². The zero-order valence-corrected chi connectivity index (χ0v) is 16.5. The van der Waals surface area contributed by atoms with Crippen molar-refractivity contribution >= 4 is 21.9 Å². The van der Waals surface area contributed by atoms with Gasteiger partial charge in [0.1, 0.15) is 0 Å². The highest BCUT2D eigenvalue weighted by molar-refractivity contribution is 7.89. The molecule has 1 amide bonds. The van der Waals surface area contributed by atoms with Crippen molar-refractivity contribution in [1.82, 2.24) is 9.62 Å². The summed E-state index contributed by atoms with van der Waals surface area (Å²) in [6.45, 7) is 0.385. The Hall–Kier alpha value is -1.93. The lowest BCUT2D eigenvalue weighted by atomic mass is 9.96. The summed E-state index contributed by atoms with van der Waals surface area (Å²) in [4.78, 5) is 22.7. The lowest BCUT2D eigenvalue weighted by Crippen LogP contribution is -2.38. The van der Waals surface area contributed by atoms with E-state index < -0.39 is 16.0 Å². The minimum absolute atomic E-state index is 0.0394. The van der Waals surface area contributed by atoms with Crippen LogP contribution in [0.3, 0.4) is 0 Å². The maximum absolute atomic E-state index is 12.8. The van der Waals surface area contributed by atoms with E-state index in [2.05, 4.69) is 5.32 Å². The fourth-order valence-corrected chi connectivity index (χ4v) is 4.71. The van der Waals surface area contributed by atoms with E-state index in [9.17, 15) is 18.0 Å². The van der Waals surface area contributed by atoms with Crippen molar-refractivity contribution in [3.8, 4) is 0 Å². The Morgan fingerprint density at radius 1 is 1.11 bits per heavy atom. The molecule has 1 aromatic rings. The molecule has 0 unspecified atom stereocenters. The van der Waals surface area contributed by atoms with Crippen molar-refractivity contribution in [3.63, 3.8) is 0 Å². The van der Waals surface area contributed by atoms with E-state index in [1.807, 2.05) is 0 Å². The van der Waals surface area contributed by atoms with Gasteiger partial charge in [-0.05, 0) is 49.9 Å². The van der Waals surface area contributed by atoms with Crippen LogP contribution in [0.5, 0.6) is 0 Å². The Bertz CT molecular complexity index is 740. The van der Waals surface area contributed by atoms with Gasteiger partial charge < -0.3 is 10.4 Å². The van der Waals surface area contributed by atoms with Crippen LogP contribution in [-0.2, 0) is 14.8 Å². The second-order valence-electron chi connectivity index (χ2n) is 6.94. The second-order valence-corrected chi connectivity index (χ2v) is 8.94. The molecule has 2 N–H and O–H groups in total. The van der Waals surface area contributed by atoms with Crippen molar-refractivity contribution in [2.45, 2.75) is 62.3 Å². The molecule has 0 radical (unpaired) electrons. The Morgan fingerprint density at radius 2 is 1.74 bits per heavy atom. The van der Waals surface area contributed by atoms with Gasteiger partial charge in [0.15, 0.2) is 0 Å². The molecule has 0 bridgehead atoms. The Labute approximate surface area is 160 Å². The summed E-state index contributed by atoms with van der Waals surface area (Å²) in [7, 11) is -1.94. The van der Waals surface area contributed by atoms with Crippen LogP contribution in [0, 0.1) is 0 Å². The summed E-state index contributed by atoms with van der Waals surface area (Å²) in [6.07, 6.45) is 6.20. The smallest absolute Gasteiger partial charge is 0.303 e. The van der Waals surface area contributed by atoms with E-state index in [1.54, 1.807) is 7.05 Å². The van der Waals surface area contributed by atoms with Crippen LogP contribution in [0.15, 0.2) is 29.2 Å². The van der Waals surface area contributed by atoms with Gasteiger partial charge in [-0.25, -0.2) is 8.42 Å². The first-order valence-electron chi connectivity index (χ1n) is 9.40. The van der Waals surface area contributed by atoms with Crippen molar-refractivity contribution in [2.75, 3.05) is 13.6 Å². The first kappa shape index (κ1) is 21.4. The van der Waals surface area contributed by atoms with Gasteiger partial charge in [0.2, 0.25) is 10.0 Å². The molecule has 1 aromatic carbocycles. The van der Waals surface area contributed by atoms with Crippen molar-refractivity contribution < 1.29 is 23.1 Å². The van der Waals surface area contributed by atoms with Gasteiger partial charge >= 0.3 is 5.97 Å². The molecule has 2 rings (SSSR count). The minimum atomic E-state index is -3.57. The molecule has 1 aliphatic carbocycles. The van der Waals surface area contributed by atoms with Gasteiger partial charge in [0, 0.05) is 31.6 Å². The van der Waals surface area contributed by atoms with Crippen molar-refractivity contribution in [3.05, 3.63) is 29.8 Å². The topological polar surface area (TPSA) is 104 Å². The molecule has 150 valence electrons. The molecule has 7 nitrogen and oxygen atoms in total. The van der Waals surface area contributed by atoms with Gasteiger partial charge in [-0.15, -0.1) is 0 Å². The number of nitrogens with zero attached hydrogens (tertiary/aromatic N) is 1. The summed E-state index contributed by atoms with van der Waals surface area (Å²) in [5.74, 6) is -1.15. The molecule has 0 aliphatic heterocycles. The molecule has 0 saturated heterocycles. The third-order valence-electron chi connectivity index (χ3n) is 4.99. The number of carboxylic acid groups (broad SMARTS) is 1. The summed E-state index contributed by atoms with van der Waals surface area (Å²) >= 11 is 0. The van der Waals surface area contributed by atoms with Crippen LogP contribution in [0.4, 0.5) is 0 Å². The van der Waals surface area contributed by atoms with E-state index in [-0.39, 0.29) is 23.3 Å². The fourth-order valence-electron chi connectivity index (χ4n) is 3.29. The minimum Gasteiger partial charge on any atom is -0.481 e. The molecule has 1 saturated carbocycles. The molecule has 0 aromatic heterocycles. The van der Waals surface area contributed by atoms with E-state index >= 15 is 0 Å². The molecule has 8 heteroatoms. The van der Waals surface area contributed by atoms with Gasteiger partial charge in [0.05, 0.1) is 4.90 Å². The molecular formula is C19H28N2O5S. The predicted molar refractivity (Wildman–Crippen MR) is 102 cm³/mol. The van der Waals surface area contributed by atoms with Gasteiger partial charge in [-0.2, -0.15) is 4.31 Å². The van der Waals surface area contributed by atoms with Crippen molar-refractivity contribution in [1.29, 1.82) is 0 Å². The third-order valence-corrected chi connectivity index (χ3v) is 6.91. The van der Waals surface area contributed by atoms with E-state index in [1.165, 1.54) is 28.6 Å². The Morgan fingerprint density at radius 3 is 2.33 bits per heavy atom. The number of nitrogens with one attached hydrogen (secondary N) is 1. The quantitative estimate of drug-likeness (QED) is 0.625. The van der Waals surface area contributed by atoms with Gasteiger partial charge in [0.25, 0.3) is 5.91 Å². The largest absolute Gasteiger partial charge is 0.481 e. The molecule has 0 heterocycles. The number of hydrogen-bond acceptors (Lipinski definition) is 4. The van der Waals surface area contributed by atoms with Crippen LogP contribution in [0.1, 0.15) is 61.7 Å². The predicted octanol–water partition coefficient (Wildman–Crippen LogP) is 2.62. The lowest BCUT2D eigenvalue weighted by Gasteiger charge is -2.30. The van der Waals surface area contributed by atoms with Crippen LogP contribution in [0.25, 0.3) is 0 Å². The van der Waals surface area contributed by atoms with Gasteiger partial charge in [-0.1, -0.05) is 19.3 Å². The average Bonchev–Trinajstić information content (AvgIpc) is 2.67. The molecule has 1 fully saturated rings. The Balaban J connectivity index is 1.93. The van der Waals surface area contributed by atoms with E-state index in [0.29, 0.717) is 24.9 Å². The number of aliphatic carboxylic acids is 1. The highest BCUT2D eigenvalue weighted by Crippen LogP contribution is 2.26. The maximum atomic E-state index is 12.8. The van der Waals surface area contributed by atoms with Crippen LogP contribution in [0.2, 0.25) is 0 Å². The number of sulfonamides is 1. The van der Waals surface area contributed by atoms with Crippen LogP contribution in [-0.4, -0.2) is 49.3 Å². The first-order valence-corrected chi connectivity index (χ1v) is 10.8. The van der Waals surface area contributed by atoms with E-state index in [0.717, 1.165) is 32.1 Å². The second kappa shape index (κ2) is 9.85. The average molecular weight is 397 g/mol. The third kappa shape index (κ3) is 6.04. The molecule has 0 spiro atoms. The highest BCUT2D eigenvalue weighted by Gasteiger charge is 2.29. The van der Waals surface area contributed by atoms with Crippen LogP contribution >= 0.6 is 0 Å². The fraction of sp³-hybridized carbons (Fsp3) is 0.579. The SMILES string of the molecule is CN(C1CCCCC1)S(=O)(=O)c1ccc(C(=O)NCCCCC(=O)O)cc1. The number of carboxylic acids is 1. The summed E-state index contributed by atoms with van der Waals surface area (Å²) in [5.41, 5.74) is 0.382. The van der Waals surface area contributed by atoms with E-state index in [4.69, 9.17) is 5.11 Å².